The number of hydrogen-bond acceptors (Lipinski definition) is 1. The Balaban J connectivity index is 4.23. The molecule has 0 aromatic rings. The molecule has 2 nitrogen and oxygen atoms in total. The molecule has 0 fully saturated rings. The quantitative estimate of drug-likeness (QED) is 0.721. The van der Waals surface area contributed by atoms with Crippen LogP contribution in [0.4, 0.5) is 0 Å². The highest BCUT2D eigenvalue weighted by Crippen LogP contribution is 2.16. The Labute approximate surface area is 94.8 Å². The zero-order valence-corrected chi connectivity index (χ0v) is 11.1. The van der Waals surface area contributed by atoms with Crippen molar-refractivity contribution in [2.24, 2.45) is 17.8 Å². The Bertz CT molecular complexity index is 187. The van der Waals surface area contributed by atoms with E-state index in [1.807, 2.05) is 0 Å². The number of hydrogen-bond donors (Lipinski definition) is 1. The normalized spacial score (nSPS) is 15.5. The molecule has 0 heterocycles. The molecule has 0 aromatic carbocycles. The van der Waals surface area contributed by atoms with E-state index in [-0.39, 0.29) is 5.91 Å². The van der Waals surface area contributed by atoms with Crippen molar-refractivity contribution in [2.75, 3.05) is 0 Å². The second-order valence-corrected chi connectivity index (χ2v) is 5.32. The second-order valence-electron chi connectivity index (χ2n) is 5.32. The fraction of sp³-hybridized carbons (Fsp3) is 0.923. The largest absolute Gasteiger partial charge is 0.353 e. The molecule has 2 unspecified atom stereocenters. The molecular weight excluding hydrogens is 186 g/mol. The number of carbonyl (C=O) groups is 1. The van der Waals surface area contributed by atoms with E-state index in [4.69, 9.17) is 0 Å². The van der Waals surface area contributed by atoms with Crippen LogP contribution in [0.2, 0.25) is 0 Å². The lowest BCUT2D eigenvalue weighted by Gasteiger charge is -2.28. The minimum Gasteiger partial charge on any atom is -0.353 e. The summed E-state index contributed by atoms with van der Waals surface area (Å²) in [5.74, 6) is 1.70. The van der Waals surface area contributed by atoms with Crippen LogP contribution in [0, 0.1) is 17.8 Å². The lowest BCUT2D eigenvalue weighted by molar-refractivity contribution is -0.123. The Hall–Kier alpha value is -0.530. The highest BCUT2D eigenvalue weighted by Gasteiger charge is 2.21. The summed E-state index contributed by atoms with van der Waals surface area (Å²) in [4.78, 5) is 11.7. The van der Waals surface area contributed by atoms with Crippen LogP contribution >= 0.6 is 0 Å². The third-order valence-corrected chi connectivity index (χ3v) is 2.90. The van der Waals surface area contributed by atoms with Crippen molar-refractivity contribution < 1.29 is 4.79 Å². The van der Waals surface area contributed by atoms with E-state index in [1.54, 1.807) is 0 Å². The van der Waals surface area contributed by atoms with E-state index < -0.39 is 0 Å². The third-order valence-electron chi connectivity index (χ3n) is 2.90. The maximum absolute atomic E-state index is 11.7. The van der Waals surface area contributed by atoms with Crippen molar-refractivity contribution >= 4 is 5.91 Å². The molecule has 0 spiro atoms. The van der Waals surface area contributed by atoms with E-state index in [1.165, 1.54) is 0 Å². The second kappa shape index (κ2) is 6.86. The van der Waals surface area contributed by atoms with Gasteiger partial charge in [0.15, 0.2) is 0 Å². The summed E-state index contributed by atoms with van der Waals surface area (Å²) in [5.41, 5.74) is 0. The van der Waals surface area contributed by atoms with Crippen LogP contribution in [0.15, 0.2) is 0 Å². The van der Waals surface area contributed by atoms with Gasteiger partial charge in [0.2, 0.25) is 5.91 Å². The smallest absolute Gasteiger partial charge is 0.220 e. The highest BCUT2D eigenvalue weighted by atomic mass is 16.1. The van der Waals surface area contributed by atoms with Gasteiger partial charge in [0.1, 0.15) is 0 Å². The summed E-state index contributed by atoms with van der Waals surface area (Å²) in [6, 6.07) is 0.321. The van der Waals surface area contributed by atoms with Gasteiger partial charge in [0.05, 0.1) is 0 Å². The fourth-order valence-electron chi connectivity index (χ4n) is 1.84. The summed E-state index contributed by atoms with van der Waals surface area (Å²) in [6.45, 7) is 12.9. The molecule has 2 heteroatoms. The Morgan fingerprint density at radius 1 is 1.13 bits per heavy atom. The van der Waals surface area contributed by atoms with Crippen LogP contribution < -0.4 is 5.32 Å². The summed E-state index contributed by atoms with van der Waals surface area (Å²) < 4.78 is 0. The average molecular weight is 213 g/mol. The van der Waals surface area contributed by atoms with E-state index in [0.717, 1.165) is 6.42 Å². The standard InChI is InChI=1S/C13H27NO/c1-7-11(6)13(10(4)5)14-12(15)8-9(2)3/h9-11,13H,7-8H2,1-6H3,(H,14,15). The molecule has 0 saturated carbocycles. The minimum absolute atomic E-state index is 0.198. The van der Waals surface area contributed by atoms with Gasteiger partial charge in [-0.05, 0) is 17.8 Å². The number of nitrogens with one attached hydrogen (secondary N) is 1. The summed E-state index contributed by atoms with van der Waals surface area (Å²) in [6.07, 6.45) is 1.75. The van der Waals surface area contributed by atoms with E-state index in [2.05, 4.69) is 46.9 Å². The molecule has 0 aliphatic heterocycles. The van der Waals surface area contributed by atoms with Crippen molar-refractivity contribution in [1.29, 1.82) is 0 Å². The lowest BCUT2D eigenvalue weighted by atomic mass is 9.89. The fourth-order valence-corrected chi connectivity index (χ4v) is 1.84. The third kappa shape index (κ3) is 5.81. The zero-order chi connectivity index (χ0) is 12.0. The molecule has 1 amide bonds. The first kappa shape index (κ1) is 14.5. The SMILES string of the molecule is CCC(C)C(NC(=O)CC(C)C)C(C)C. The van der Waals surface area contributed by atoms with Crippen LogP contribution in [0.5, 0.6) is 0 Å². The van der Waals surface area contributed by atoms with Crippen LogP contribution in [-0.2, 0) is 4.79 Å². The first-order valence-corrected chi connectivity index (χ1v) is 6.17. The van der Waals surface area contributed by atoms with Crippen LogP contribution in [0.3, 0.4) is 0 Å². The number of rotatable bonds is 6. The molecule has 1 N–H and O–H groups in total. The van der Waals surface area contributed by atoms with E-state index in [9.17, 15) is 4.79 Å². The van der Waals surface area contributed by atoms with Gasteiger partial charge >= 0.3 is 0 Å². The Kier molecular flexibility index (Phi) is 6.62. The first-order chi connectivity index (χ1) is 6.88. The van der Waals surface area contributed by atoms with Crippen molar-refractivity contribution in [1.82, 2.24) is 5.32 Å². The van der Waals surface area contributed by atoms with E-state index >= 15 is 0 Å². The van der Waals surface area contributed by atoms with E-state index in [0.29, 0.717) is 30.2 Å². The molecule has 90 valence electrons. The van der Waals surface area contributed by atoms with Crippen LogP contribution in [0.1, 0.15) is 54.4 Å². The molecule has 0 bridgehead atoms. The molecule has 0 aliphatic carbocycles. The summed E-state index contributed by atoms with van der Waals surface area (Å²) >= 11 is 0. The van der Waals surface area contributed by atoms with Crippen molar-refractivity contribution in [3.8, 4) is 0 Å². The zero-order valence-electron chi connectivity index (χ0n) is 11.1. The Morgan fingerprint density at radius 2 is 1.67 bits per heavy atom. The van der Waals surface area contributed by atoms with Gasteiger partial charge in [-0.15, -0.1) is 0 Å². The highest BCUT2D eigenvalue weighted by molar-refractivity contribution is 5.76. The van der Waals surface area contributed by atoms with Crippen molar-refractivity contribution in [2.45, 2.75) is 60.4 Å². The molecule has 0 radical (unpaired) electrons. The molecule has 0 aromatic heterocycles. The monoisotopic (exact) mass is 213 g/mol. The number of carbonyl (C=O) groups excluding carboxylic acids is 1. The van der Waals surface area contributed by atoms with Gasteiger partial charge in [-0.25, -0.2) is 0 Å². The topological polar surface area (TPSA) is 29.1 Å². The molecule has 15 heavy (non-hydrogen) atoms. The van der Waals surface area contributed by atoms with Crippen molar-refractivity contribution in [3.63, 3.8) is 0 Å². The summed E-state index contributed by atoms with van der Waals surface area (Å²) in [5, 5.41) is 3.16. The maximum atomic E-state index is 11.7. The lowest BCUT2D eigenvalue weighted by Crippen LogP contribution is -2.43. The summed E-state index contributed by atoms with van der Waals surface area (Å²) in [7, 11) is 0. The molecule has 2 atom stereocenters. The van der Waals surface area contributed by atoms with Gasteiger partial charge < -0.3 is 5.32 Å². The van der Waals surface area contributed by atoms with Gasteiger partial charge in [-0.2, -0.15) is 0 Å². The minimum atomic E-state index is 0.198. The van der Waals surface area contributed by atoms with Gasteiger partial charge in [-0.1, -0.05) is 48.0 Å². The maximum Gasteiger partial charge on any atom is 0.220 e. The van der Waals surface area contributed by atoms with Crippen LogP contribution in [0.25, 0.3) is 0 Å². The number of amides is 1. The molecule has 0 aliphatic rings. The van der Waals surface area contributed by atoms with Gasteiger partial charge in [0.25, 0.3) is 0 Å². The van der Waals surface area contributed by atoms with Crippen LogP contribution in [-0.4, -0.2) is 11.9 Å². The predicted molar refractivity (Wildman–Crippen MR) is 65.7 cm³/mol. The predicted octanol–water partition coefficient (Wildman–Crippen LogP) is 3.22. The van der Waals surface area contributed by atoms with Crippen molar-refractivity contribution in [3.05, 3.63) is 0 Å². The first-order valence-electron chi connectivity index (χ1n) is 6.17. The van der Waals surface area contributed by atoms with Gasteiger partial charge in [-0.3, -0.25) is 4.79 Å². The average Bonchev–Trinajstić information content (AvgIpc) is 2.11. The van der Waals surface area contributed by atoms with Gasteiger partial charge in [0, 0.05) is 12.5 Å². The molecular formula is C13H27NO. The molecule has 0 saturated heterocycles. The molecule has 0 rings (SSSR count). The Morgan fingerprint density at radius 3 is 2.00 bits per heavy atom.